The summed E-state index contributed by atoms with van der Waals surface area (Å²) in [5, 5.41) is 10.4. The Hall–Kier alpha value is -1.73. The van der Waals surface area contributed by atoms with E-state index < -0.39 is 5.97 Å². The number of fused-ring (bicyclic) bond motifs is 3. The molecule has 0 atom stereocenters. The van der Waals surface area contributed by atoms with Crippen molar-refractivity contribution in [2.45, 2.75) is 5.03 Å². The number of hydrogen-bond acceptors (Lipinski definition) is 6. The molecule has 0 aliphatic heterocycles. The molecule has 0 fully saturated rings. The third-order valence-corrected chi connectivity index (χ3v) is 4.54. The Morgan fingerprint density at radius 2 is 2.28 bits per heavy atom. The number of aromatic nitrogens is 3. The van der Waals surface area contributed by atoms with Crippen molar-refractivity contribution in [3.05, 3.63) is 24.7 Å². The first kappa shape index (κ1) is 11.4. The SMILES string of the molecule is O=C(O)CSc1ncnc2c1sc1ncccc12. The molecule has 0 radical (unpaired) electrons. The zero-order chi connectivity index (χ0) is 12.5. The minimum absolute atomic E-state index is 0.00616. The number of pyridine rings is 1. The topological polar surface area (TPSA) is 76.0 Å². The molecule has 0 aliphatic carbocycles. The highest BCUT2D eigenvalue weighted by atomic mass is 32.2. The van der Waals surface area contributed by atoms with Crippen LogP contribution in [-0.2, 0) is 4.79 Å². The Bertz CT molecular complexity index is 741. The first-order chi connectivity index (χ1) is 8.75. The molecule has 5 nitrogen and oxygen atoms in total. The first-order valence-corrected chi connectivity index (χ1v) is 6.89. The van der Waals surface area contributed by atoms with Gasteiger partial charge in [0.2, 0.25) is 0 Å². The second kappa shape index (κ2) is 4.51. The van der Waals surface area contributed by atoms with Crippen LogP contribution in [0.4, 0.5) is 0 Å². The summed E-state index contributed by atoms with van der Waals surface area (Å²) in [6, 6.07) is 3.82. The number of rotatable bonds is 3. The van der Waals surface area contributed by atoms with Gasteiger partial charge in [-0.2, -0.15) is 0 Å². The minimum atomic E-state index is -0.856. The highest BCUT2D eigenvalue weighted by Gasteiger charge is 2.12. The minimum Gasteiger partial charge on any atom is -0.481 e. The molecule has 0 bridgehead atoms. The molecule has 0 saturated heterocycles. The van der Waals surface area contributed by atoms with E-state index >= 15 is 0 Å². The maximum atomic E-state index is 10.6. The third kappa shape index (κ3) is 1.91. The van der Waals surface area contributed by atoms with Gasteiger partial charge in [-0.3, -0.25) is 4.79 Å². The number of carboxylic acids is 1. The zero-order valence-corrected chi connectivity index (χ0v) is 10.7. The van der Waals surface area contributed by atoms with E-state index in [9.17, 15) is 4.79 Å². The van der Waals surface area contributed by atoms with Crippen LogP contribution in [-0.4, -0.2) is 31.8 Å². The molecular weight excluding hydrogens is 270 g/mol. The number of aliphatic carboxylic acids is 1. The quantitative estimate of drug-likeness (QED) is 0.585. The van der Waals surface area contributed by atoms with Gasteiger partial charge in [-0.1, -0.05) is 11.8 Å². The lowest BCUT2D eigenvalue weighted by Crippen LogP contribution is -1.98. The van der Waals surface area contributed by atoms with Crippen molar-refractivity contribution in [1.29, 1.82) is 0 Å². The molecule has 7 heteroatoms. The van der Waals surface area contributed by atoms with Crippen molar-refractivity contribution < 1.29 is 9.90 Å². The zero-order valence-electron chi connectivity index (χ0n) is 9.03. The predicted molar refractivity (Wildman–Crippen MR) is 71.1 cm³/mol. The molecule has 1 N–H and O–H groups in total. The van der Waals surface area contributed by atoms with Gasteiger partial charge in [0, 0.05) is 11.6 Å². The molecule has 3 aromatic rings. The molecule has 90 valence electrons. The molecule has 0 spiro atoms. The molecule has 0 aromatic carbocycles. The molecular formula is C11H7N3O2S2. The summed E-state index contributed by atoms with van der Waals surface area (Å²) in [5.41, 5.74) is 0.839. The fourth-order valence-corrected chi connectivity index (χ4v) is 3.52. The van der Waals surface area contributed by atoms with E-state index in [1.807, 2.05) is 12.1 Å². The van der Waals surface area contributed by atoms with E-state index in [0.29, 0.717) is 5.03 Å². The monoisotopic (exact) mass is 277 g/mol. The number of carbonyl (C=O) groups is 1. The normalized spacial score (nSPS) is 11.1. The summed E-state index contributed by atoms with van der Waals surface area (Å²) < 4.78 is 0.900. The molecule has 3 heterocycles. The van der Waals surface area contributed by atoms with Gasteiger partial charge in [-0.05, 0) is 12.1 Å². The van der Waals surface area contributed by atoms with E-state index in [2.05, 4.69) is 15.0 Å². The van der Waals surface area contributed by atoms with Crippen molar-refractivity contribution in [2.75, 3.05) is 5.75 Å². The van der Waals surface area contributed by atoms with Crippen molar-refractivity contribution in [2.24, 2.45) is 0 Å². The van der Waals surface area contributed by atoms with Crippen molar-refractivity contribution in [1.82, 2.24) is 15.0 Å². The molecule has 0 saturated carbocycles. The smallest absolute Gasteiger partial charge is 0.313 e. The van der Waals surface area contributed by atoms with Crippen LogP contribution in [0.2, 0.25) is 0 Å². The molecule has 0 unspecified atom stereocenters. The number of nitrogens with zero attached hydrogens (tertiary/aromatic N) is 3. The lowest BCUT2D eigenvalue weighted by Gasteiger charge is -1.98. The van der Waals surface area contributed by atoms with E-state index in [1.54, 1.807) is 6.20 Å². The highest BCUT2D eigenvalue weighted by molar-refractivity contribution is 8.00. The Kier molecular flexibility index (Phi) is 2.85. The average Bonchev–Trinajstić information content (AvgIpc) is 2.75. The molecule has 0 amide bonds. The number of hydrogen-bond donors (Lipinski definition) is 1. The van der Waals surface area contributed by atoms with Crippen LogP contribution < -0.4 is 0 Å². The second-order valence-corrected chi connectivity index (χ2v) is 5.46. The Labute approximate surface area is 110 Å². The summed E-state index contributed by atoms with van der Waals surface area (Å²) in [5.74, 6) is -0.862. The number of thiophene rings is 1. The van der Waals surface area contributed by atoms with Gasteiger partial charge < -0.3 is 5.11 Å². The van der Waals surface area contributed by atoms with Crippen LogP contribution in [0.1, 0.15) is 0 Å². The predicted octanol–water partition coefficient (Wildman–Crippen LogP) is 2.42. The third-order valence-electron chi connectivity index (χ3n) is 2.33. The largest absolute Gasteiger partial charge is 0.481 e. The summed E-state index contributed by atoms with van der Waals surface area (Å²) in [6.45, 7) is 0. The maximum Gasteiger partial charge on any atom is 0.313 e. The number of carboxylic acid groups (broad SMARTS) is 1. The fourth-order valence-electron chi connectivity index (χ4n) is 1.62. The molecule has 0 aliphatic rings. The Morgan fingerprint density at radius 3 is 3.11 bits per heavy atom. The van der Waals surface area contributed by atoms with Crippen molar-refractivity contribution in [3.8, 4) is 0 Å². The van der Waals surface area contributed by atoms with Gasteiger partial charge in [-0.25, -0.2) is 15.0 Å². The van der Waals surface area contributed by atoms with E-state index in [1.165, 1.54) is 29.4 Å². The lowest BCUT2D eigenvalue weighted by molar-refractivity contribution is -0.133. The fraction of sp³-hybridized carbons (Fsp3) is 0.0909. The van der Waals surface area contributed by atoms with Crippen LogP contribution in [0.5, 0.6) is 0 Å². The van der Waals surface area contributed by atoms with Gasteiger partial charge in [0.1, 0.15) is 16.2 Å². The Balaban J connectivity index is 2.18. The van der Waals surface area contributed by atoms with Gasteiger partial charge in [0.05, 0.1) is 16.0 Å². The highest BCUT2D eigenvalue weighted by Crippen LogP contribution is 2.35. The molecule has 3 aromatic heterocycles. The van der Waals surface area contributed by atoms with Crippen LogP contribution in [0.15, 0.2) is 29.7 Å². The van der Waals surface area contributed by atoms with E-state index in [-0.39, 0.29) is 5.75 Å². The first-order valence-electron chi connectivity index (χ1n) is 5.08. The van der Waals surface area contributed by atoms with Gasteiger partial charge in [-0.15, -0.1) is 11.3 Å². The van der Waals surface area contributed by atoms with Gasteiger partial charge in [0.15, 0.2) is 0 Å². The van der Waals surface area contributed by atoms with Crippen molar-refractivity contribution in [3.63, 3.8) is 0 Å². The summed E-state index contributed by atoms with van der Waals surface area (Å²) >= 11 is 2.70. The number of thioether (sulfide) groups is 1. The van der Waals surface area contributed by atoms with E-state index in [0.717, 1.165) is 20.4 Å². The van der Waals surface area contributed by atoms with Gasteiger partial charge >= 0.3 is 5.97 Å². The summed E-state index contributed by atoms with van der Waals surface area (Å²) in [6.07, 6.45) is 3.20. The van der Waals surface area contributed by atoms with Gasteiger partial charge in [0.25, 0.3) is 0 Å². The second-order valence-electron chi connectivity index (χ2n) is 3.50. The van der Waals surface area contributed by atoms with Crippen LogP contribution in [0.3, 0.4) is 0 Å². The van der Waals surface area contributed by atoms with Crippen LogP contribution in [0.25, 0.3) is 20.4 Å². The average molecular weight is 277 g/mol. The lowest BCUT2D eigenvalue weighted by atomic mass is 10.3. The Morgan fingerprint density at radius 1 is 1.39 bits per heavy atom. The van der Waals surface area contributed by atoms with E-state index in [4.69, 9.17) is 5.11 Å². The summed E-state index contributed by atoms with van der Waals surface area (Å²) in [4.78, 5) is 24.2. The standard InChI is InChI=1S/C11H7N3O2S2/c15-7(16)4-17-11-9-8(13-5-14-11)6-2-1-3-12-10(6)18-9/h1-3,5H,4H2,(H,15,16). The molecule has 3 rings (SSSR count). The van der Waals surface area contributed by atoms with Crippen LogP contribution >= 0.6 is 23.1 Å². The van der Waals surface area contributed by atoms with Crippen LogP contribution in [0, 0.1) is 0 Å². The van der Waals surface area contributed by atoms with Crippen molar-refractivity contribution >= 4 is 49.5 Å². The summed E-state index contributed by atoms with van der Waals surface area (Å²) in [7, 11) is 0. The molecule has 18 heavy (non-hydrogen) atoms. The maximum absolute atomic E-state index is 10.6.